The Bertz CT molecular complexity index is 585. The average molecular weight is 259 g/mol. The van der Waals surface area contributed by atoms with Crippen LogP contribution < -0.4 is 9.64 Å². The van der Waals surface area contributed by atoms with Gasteiger partial charge in [-0.15, -0.1) is 0 Å². The Morgan fingerprint density at radius 2 is 1.89 bits per heavy atom. The summed E-state index contributed by atoms with van der Waals surface area (Å²) in [4.78, 5) is 14.4. The minimum absolute atomic E-state index is 0.0952. The molecule has 0 bridgehead atoms. The fourth-order valence-corrected chi connectivity index (χ4v) is 1.87. The van der Waals surface area contributed by atoms with Crippen LogP contribution in [0, 0.1) is 0 Å². The van der Waals surface area contributed by atoms with Gasteiger partial charge < -0.3 is 9.64 Å². The molecule has 0 aliphatic carbocycles. The van der Waals surface area contributed by atoms with E-state index in [1.807, 2.05) is 43.3 Å². The summed E-state index contributed by atoms with van der Waals surface area (Å²) >= 11 is 0. The van der Waals surface area contributed by atoms with Crippen LogP contribution in [0.2, 0.25) is 0 Å². The highest BCUT2D eigenvalue weighted by Gasteiger charge is 2.19. The molecule has 0 aliphatic heterocycles. The highest BCUT2D eigenvalue weighted by molar-refractivity contribution is 6.09. The van der Waals surface area contributed by atoms with Gasteiger partial charge in [-0.05, 0) is 24.3 Å². The van der Waals surface area contributed by atoms with Gasteiger partial charge in [0.1, 0.15) is 0 Å². The predicted octanol–water partition coefficient (Wildman–Crippen LogP) is 1.73. The SMILES string of the molecule is COc1cnn(C)c1C(=O)c1ccc(N(C)C)cc1. The number of carbonyl (C=O) groups excluding carboxylic acids is 1. The zero-order chi connectivity index (χ0) is 14.0. The van der Waals surface area contributed by atoms with E-state index in [0.717, 1.165) is 5.69 Å². The van der Waals surface area contributed by atoms with E-state index in [9.17, 15) is 4.79 Å². The molecule has 0 saturated carbocycles. The molecule has 5 nitrogen and oxygen atoms in total. The van der Waals surface area contributed by atoms with Crippen molar-refractivity contribution in [1.82, 2.24) is 9.78 Å². The Labute approximate surface area is 112 Å². The van der Waals surface area contributed by atoms with Crippen LogP contribution in [0.25, 0.3) is 0 Å². The van der Waals surface area contributed by atoms with Gasteiger partial charge in [-0.2, -0.15) is 5.10 Å². The van der Waals surface area contributed by atoms with Gasteiger partial charge in [0.05, 0.1) is 13.3 Å². The molecule has 100 valence electrons. The standard InChI is InChI=1S/C14H17N3O2/c1-16(2)11-7-5-10(6-8-11)14(18)13-12(19-4)9-15-17(13)3/h5-9H,1-4H3. The van der Waals surface area contributed by atoms with Crippen LogP contribution in [0.5, 0.6) is 5.75 Å². The van der Waals surface area contributed by atoms with E-state index < -0.39 is 0 Å². The quantitative estimate of drug-likeness (QED) is 0.784. The zero-order valence-corrected chi connectivity index (χ0v) is 11.5. The van der Waals surface area contributed by atoms with Crippen molar-refractivity contribution in [1.29, 1.82) is 0 Å². The van der Waals surface area contributed by atoms with E-state index in [1.165, 1.54) is 11.8 Å². The van der Waals surface area contributed by atoms with Crippen molar-refractivity contribution in [3.8, 4) is 5.75 Å². The lowest BCUT2D eigenvalue weighted by molar-refractivity contribution is 0.102. The summed E-state index contributed by atoms with van der Waals surface area (Å²) in [7, 11) is 7.18. The molecule has 1 heterocycles. The lowest BCUT2D eigenvalue weighted by atomic mass is 10.1. The van der Waals surface area contributed by atoms with Crippen LogP contribution >= 0.6 is 0 Å². The van der Waals surface area contributed by atoms with Crippen LogP contribution in [0.3, 0.4) is 0 Å². The number of anilines is 1. The summed E-state index contributed by atoms with van der Waals surface area (Å²) in [6.45, 7) is 0. The lowest BCUT2D eigenvalue weighted by Gasteiger charge is -2.12. The third kappa shape index (κ3) is 2.45. The number of hydrogen-bond donors (Lipinski definition) is 0. The second-order valence-corrected chi connectivity index (χ2v) is 4.46. The summed E-state index contributed by atoms with van der Waals surface area (Å²) in [6.07, 6.45) is 1.54. The molecule has 0 spiro atoms. The third-order valence-electron chi connectivity index (χ3n) is 2.99. The first-order valence-corrected chi connectivity index (χ1v) is 5.92. The molecule has 0 atom stereocenters. The van der Waals surface area contributed by atoms with Gasteiger partial charge in [-0.25, -0.2) is 0 Å². The number of nitrogens with zero attached hydrogens (tertiary/aromatic N) is 3. The van der Waals surface area contributed by atoms with Crippen molar-refractivity contribution in [2.24, 2.45) is 7.05 Å². The molecule has 0 N–H and O–H groups in total. The average Bonchev–Trinajstić information content (AvgIpc) is 2.79. The van der Waals surface area contributed by atoms with Crippen LogP contribution in [0.4, 0.5) is 5.69 Å². The monoisotopic (exact) mass is 259 g/mol. The first kappa shape index (κ1) is 13.1. The van der Waals surface area contributed by atoms with E-state index in [4.69, 9.17) is 4.74 Å². The molecule has 0 saturated heterocycles. The molecule has 2 aromatic rings. The van der Waals surface area contributed by atoms with Gasteiger partial charge in [-0.3, -0.25) is 9.48 Å². The second kappa shape index (κ2) is 5.14. The second-order valence-electron chi connectivity index (χ2n) is 4.46. The topological polar surface area (TPSA) is 47.4 Å². The van der Waals surface area contributed by atoms with Gasteiger partial charge >= 0.3 is 0 Å². The fraction of sp³-hybridized carbons (Fsp3) is 0.286. The van der Waals surface area contributed by atoms with E-state index in [0.29, 0.717) is 17.0 Å². The van der Waals surface area contributed by atoms with Crippen molar-refractivity contribution in [2.45, 2.75) is 0 Å². The molecule has 19 heavy (non-hydrogen) atoms. The van der Waals surface area contributed by atoms with Gasteiger partial charge in [0.2, 0.25) is 5.78 Å². The Morgan fingerprint density at radius 3 is 2.42 bits per heavy atom. The fourth-order valence-electron chi connectivity index (χ4n) is 1.87. The number of benzene rings is 1. The molecule has 5 heteroatoms. The summed E-state index contributed by atoms with van der Waals surface area (Å²) < 4.78 is 6.69. The number of aromatic nitrogens is 2. The molecule has 0 radical (unpaired) electrons. The van der Waals surface area contributed by atoms with E-state index in [1.54, 1.807) is 13.2 Å². The molecular weight excluding hydrogens is 242 g/mol. The molecule has 2 rings (SSSR count). The Balaban J connectivity index is 2.36. The van der Waals surface area contributed by atoms with Gasteiger partial charge in [0.25, 0.3) is 0 Å². The first-order chi connectivity index (χ1) is 9.04. The molecular formula is C14H17N3O2. The van der Waals surface area contributed by atoms with E-state index in [-0.39, 0.29) is 5.78 Å². The van der Waals surface area contributed by atoms with Gasteiger partial charge in [-0.1, -0.05) is 0 Å². The Kier molecular flexibility index (Phi) is 3.55. The maximum Gasteiger partial charge on any atom is 0.214 e. The van der Waals surface area contributed by atoms with Crippen LogP contribution in [-0.4, -0.2) is 36.8 Å². The van der Waals surface area contributed by atoms with Crippen molar-refractivity contribution in [3.63, 3.8) is 0 Å². The molecule has 1 aromatic carbocycles. The Hall–Kier alpha value is -2.30. The largest absolute Gasteiger partial charge is 0.493 e. The molecule has 1 aromatic heterocycles. The maximum atomic E-state index is 12.4. The smallest absolute Gasteiger partial charge is 0.214 e. The number of hydrogen-bond acceptors (Lipinski definition) is 4. The van der Waals surface area contributed by atoms with E-state index >= 15 is 0 Å². The van der Waals surface area contributed by atoms with E-state index in [2.05, 4.69) is 5.10 Å². The number of carbonyl (C=O) groups is 1. The van der Waals surface area contributed by atoms with Crippen LogP contribution in [0.1, 0.15) is 16.1 Å². The number of methoxy groups -OCH3 is 1. The van der Waals surface area contributed by atoms with Gasteiger partial charge in [0, 0.05) is 32.4 Å². The van der Waals surface area contributed by atoms with Crippen molar-refractivity contribution in [2.75, 3.05) is 26.1 Å². The maximum absolute atomic E-state index is 12.4. The van der Waals surface area contributed by atoms with Crippen molar-refractivity contribution >= 4 is 11.5 Å². The molecule has 0 aliphatic rings. The summed E-state index contributed by atoms with van der Waals surface area (Å²) in [5.41, 5.74) is 2.13. The number of ether oxygens (including phenoxy) is 1. The Morgan fingerprint density at radius 1 is 1.26 bits per heavy atom. The minimum Gasteiger partial charge on any atom is -0.493 e. The molecule has 0 unspecified atom stereocenters. The highest BCUT2D eigenvalue weighted by Crippen LogP contribution is 2.21. The summed E-state index contributed by atoms with van der Waals surface area (Å²) in [5, 5.41) is 4.04. The molecule has 0 fully saturated rings. The number of aryl methyl sites for hydroxylation is 1. The molecule has 0 amide bonds. The van der Waals surface area contributed by atoms with Crippen LogP contribution in [-0.2, 0) is 7.05 Å². The van der Waals surface area contributed by atoms with Crippen molar-refractivity contribution in [3.05, 3.63) is 41.7 Å². The van der Waals surface area contributed by atoms with Gasteiger partial charge in [0.15, 0.2) is 11.4 Å². The minimum atomic E-state index is -0.0952. The summed E-state index contributed by atoms with van der Waals surface area (Å²) in [5.74, 6) is 0.395. The third-order valence-corrected chi connectivity index (χ3v) is 2.99. The number of ketones is 1. The zero-order valence-electron chi connectivity index (χ0n) is 11.5. The lowest BCUT2D eigenvalue weighted by Crippen LogP contribution is -2.11. The van der Waals surface area contributed by atoms with Crippen LogP contribution in [0.15, 0.2) is 30.5 Å². The normalized spacial score (nSPS) is 10.3. The predicted molar refractivity (Wildman–Crippen MR) is 74.0 cm³/mol. The first-order valence-electron chi connectivity index (χ1n) is 5.92. The van der Waals surface area contributed by atoms with Crippen molar-refractivity contribution < 1.29 is 9.53 Å². The summed E-state index contributed by atoms with van der Waals surface area (Å²) in [6, 6.07) is 7.44. The highest BCUT2D eigenvalue weighted by atomic mass is 16.5. The number of rotatable bonds is 4.